The van der Waals surface area contributed by atoms with Crippen LogP contribution >= 0.6 is 0 Å². The van der Waals surface area contributed by atoms with Gasteiger partial charge < -0.3 is 25.0 Å². The minimum atomic E-state index is -0.323. The lowest BCUT2D eigenvalue weighted by atomic mass is 9.86. The van der Waals surface area contributed by atoms with Crippen LogP contribution in [-0.4, -0.2) is 45.6 Å². The van der Waals surface area contributed by atoms with Crippen LogP contribution in [-0.2, 0) is 11.8 Å². The molecular weight excluding hydrogens is 592 g/mol. The van der Waals surface area contributed by atoms with E-state index in [1.54, 1.807) is 4.68 Å². The van der Waals surface area contributed by atoms with Crippen molar-refractivity contribution in [2.24, 2.45) is 5.92 Å². The molecule has 3 aliphatic rings. The first-order valence-electron chi connectivity index (χ1n) is 16.4. The Kier molecular flexibility index (Phi) is 8.03. The minimum absolute atomic E-state index is 0.0506. The molecule has 4 aromatic rings. The first-order valence-corrected chi connectivity index (χ1v) is 16.4. The molecule has 244 valence electrons. The van der Waals surface area contributed by atoms with Crippen LogP contribution in [0.1, 0.15) is 63.3 Å². The second-order valence-electron chi connectivity index (χ2n) is 14.0. The maximum Gasteiger partial charge on any atom is 0.324 e. The molecule has 47 heavy (non-hydrogen) atoms. The third kappa shape index (κ3) is 6.63. The van der Waals surface area contributed by atoms with E-state index in [1.165, 1.54) is 5.56 Å². The number of amides is 4. The molecule has 4 heterocycles. The molecule has 4 amide bonds. The lowest BCUT2D eigenvalue weighted by molar-refractivity contribution is 0.131. The molecule has 3 atom stereocenters. The Bertz CT molecular complexity index is 1780. The molecule has 0 saturated carbocycles. The van der Waals surface area contributed by atoms with Crippen molar-refractivity contribution in [2.75, 3.05) is 22.7 Å². The number of hydrogen-bond donors (Lipinski definition) is 3. The second-order valence-corrected chi connectivity index (χ2v) is 14.0. The normalized spacial score (nSPS) is 19.8. The number of carbonyl (C=O) groups is 2. The molecule has 0 radical (unpaired) electrons. The van der Waals surface area contributed by atoms with E-state index >= 15 is 0 Å². The van der Waals surface area contributed by atoms with Gasteiger partial charge in [0.15, 0.2) is 11.5 Å². The highest BCUT2D eigenvalue weighted by molar-refractivity contribution is 5.99. The largest absolute Gasteiger partial charge is 0.454 e. The molecule has 3 aromatic carbocycles. The number of rotatable bonds is 6. The monoisotopic (exact) mass is 634 g/mol. The van der Waals surface area contributed by atoms with Gasteiger partial charge in [-0.2, -0.15) is 5.10 Å². The van der Waals surface area contributed by atoms with Crippen LogP contribution in [0.3, 0.4) is 0 Å². The van der Waals surface area contributed by atoms with Gasteiger partial charge in [0, 0.05) is 41.0 Å². The summed E-state index contributed by atoms with van der Waals surface area (Å²) in [5, 5.41) is 13.9. The van der Waals surface area contributed by atoms with E-state index in [1.807, 2.05) is 67.6 Å². The quantitative estimate of drug-likeness (QED) is 0.200. The molecule has 2 saturated heterocycles. The SMILES string of the molecule is Cc1ccc(-n2nc(C(C)(C)C)cc2NC(=O)Nc2cccc(C[C@@H]3C[C@H]4CC[C@@H](C3)N4C(=O)Nc3ccc4c(c3)OCO4)c2)cc1. The molecule has 7 rings (SSSR count). The molecular formula is C37H42N6O4. The van der Waals surface area contributed by atoms with Gasteiger partial charge in [-0.1, -0.05) is 50.6 Å². The number of nitrogens with zero attached hydrogens (tertiary/aromatic N) is 3. The van der Waals surface area contributed by atoms with E-state index in [2.05, 4.69) is 53.8 Å². The van der Waals surface area contributed by atoms with Crippen LogP contribution in [0.2, 0.25) is 0 Å². The molecule has 1 aromatic heterocycles. The van der Waals surface area contributed by atoms with Gasteiger partial charge in [-0.15, -0.1) is 0 Å². The van der Waals surface area contributed by atoms with Crippen molar-refractivity contribution in [3.63, 3.8) is 0 Å². The van der Waals surface area contributed by atoms with Crippen LogP contribution in [0, 0.1) is 12.8 Å². The Labute approximate surface area is 275 Å². The summed E-state index contributed by atoms with van der Waals surface area (Å²) in [5.41, 5.74) is 5.37. The summed E-state index contributed by atoms with van der Waals surface area (Å²) in [6.45, 7) is 8.57. The minimum Gasteiger partial charge on any atom is -0.454 e. The third-order valence-corrected chi connectivity index (χ3v) is 9.40. The number of fused-ring (bicyclic) bond motifs is 3. The number of ether oxygens (including phenoxy) is 2. The molecule has 3 N–H and O–H groups in total. The number of aryl methyl sites for hydroxylation is 1. The maximum atomic E-state index is 13.3. The molecule has 10 heteroatoms. The van der Waals surface area contributed by atoms with Crippen molar-refractivity contribution in [3.8, 4) is 17.2 Å². The van der Waals surface area contributed by atoms with Crippen molar-refractivity contribution in [1.29, 1.82) is 0 Å². The van der Waals surface area contributed by atoms with E-state index in [4.69, 9.17) is 14.6 Å². The molecule has 0 aliphatic carbocycles. The van der Waals surface area contributed by atoms with Crippen LogP contribution in [0.4, 0.5) is 26.8 Å². The smallest absolute Gasteiger partial charge is 0.324 e. The van der Waals surface area contributed by atoms with E-state index in [0.717, 1.165) is 54.7 Å². The van der Waals surface area contributed by atoms with Gasteiger partial charge in [-0.3, -0.25) is 5.32 Å². The Morgan fingerprint density at radius 3 is 2.32 bits per heavy atom. The average molecular weight is 635 g/mol. The van der Waals surface area contributed by atoms with Crippen LogP contribution < -0.4 is 25.4 Å². The first-order chi connectivity index (χ1) is 22.6. The molecule has 2 fully saturated rings. The zero-order valence-corrected chi connectivity index (χ0v) is 27.4. The molecule has 3 aliphatic heterocycles. The Morgan fingerprint density at radius 1 is 0.851 bits per heavy atom. The lowest BCUT2D eigenvalue weighted by Crippen LogP contribution is -2.48. The highest BCUT2D eigenvalue weighted by Crippen LogP contribution is 2.41. The fraction of sp³-hybridized carbons (Fsp3) is 0.378. The van der Waals surface area contributed by atoms with Crippen molar-refractivity contribution >= 4 is 29.3 Å². The number of aromatic nitrogens is 2. The van der Waals surface area contributed by atoms with E-state index in [9.17, 15) is 9.59 Å². The number of anilines is 3. The summed E-state index contributed by atoms with van der Waals surface area (Å²) in [7, 11) is 0. The highest BCUT2D eigenvalue weighted by Gasteiger charge is 2.43. The van der Waals surface area contributed by atoms with Gasteiger partial charge in [0.25, 0.3) is 0 Å². The van der Waals surface area contributed by atoms with Gasteiger partial charge in [-0.25, -0.2) is 14.3 Å². The van der Waals surface area contributed by atoms with E-state index in [0.29, 0.717) is 28.9 Å². The zero-order valence-electron chi connectivity index (χ0n) is 27.4. The fourth-order valence-corrected chi connectivity index (χ4v) is 7.06. The predicted octanol–water partition coefficient (Wildman–Crippen LogP) is 7.87. The summed E-state index contributed by atoms with van der Waals surface area (Å²) in [6.07, 6.45) is 4.86. The predicted molar refractivity (Wildman–Crippen MR) is 183 cm³/mol. The van der Waals surface area contributed by atoms with Crippen LogP contribution in [0.15, 0.2) is 72.8 Å². The average Bonchev–Trinajstić information content (AvgIpc) is 3.74. The topological polar surface area (TPSA) is 110 Å². The Morgan fingerprint density at radius 2 is 1.57 bits per heavy atom. The number of benzene rings is 3. The van der Waals surface area contributed by atoms with Crippen LogP contribution in [0.25, 0.3) is 5.69 Å². The summed E-state index contributed by atoms with van der Waals surface area (Å²) in [6, 6.07) is 23.6. The van der Waals surface area contributed by atoms with Gasteiger partial charge in [0.05, 0.1) is 11.4 Å². The summed E-state index contributed by atoms with van der Waals surface area (Å²) in [4.78, 5) is 28.6. The van der Waals surface area contributed by atoms with E-state index in [-0.39, 0.29) is 36.4 Å². The van der Waals surface area contributed by atoms with Gasteiger partial charge in [-0.05, 0) is 86.9 Å². The Hall–Kier alpha value is -4.99. The summed E-state index contributed by atoms with van der Waals surface area (Å²) in [5.74, 6) is 2.43. The number of nitrogens with one attached hydrogen (secondary N) is 3. The fourth-order valence-electron chi connectivity index (χ4n) is 7.06. The zero-order chi connectivity index (χ0) is 32.7. The Balaban J connectivity index is 0.975. The summed E-state index contributed by atoms with van der Waals surface area (Å²) < 4.78 is 12.6. The second kappa shape index (κ2) is 12.3. The van der Waals surface area contributed by atoms with Gasteiger partial charge >= 0.3 is 12.1 Å². The van der Waals surface area contributed by atoms with Crippen LogP contribution in [0.5, 0.6) is 11.5 Å². The molecule has 10 nitrogen and oxygen atoms in total. The van der Waals surface area contributed by atoms with Gasteiger partial charge in [0.2, 0.25) is 6.79 Å². The molecule has 0 unspecified atom stereocenters. The maximum absolute atomic E-state index is 13.3. The third-order valence-electron chi connectivity index (χ3n) is 9.40. The number of hydrogen-bond acceptors (Lipinski definition) is 5. The first kappa shape index (κ1) is 30.7. The lowest BCUT2D eigenvalue weighted by Gasteiger charge is -2.39. The summed E-state index contributed by atoms with van der Waals surface area (Å²) >= 11 is 0. The number of carbonyl (C=O) groups excluding carboxylic acids is 2. The molecule has 0 spiro atoms. The van der Waals surface area contributed by atoms with Gasteiger partial charge in [0.1, 0.15) is 5.82 Å². The molecule has 2 bridgehead atoms. The standard InChI is InChI=1S/C37H42N6O4/c1-23-8-11-28(12-9-23)43-34(21-33(41-43)37(2,3)4)40-35(44)38-26-7-5-6-24(17-26)16-25-18-29-13-14-30(19-25)42(29)36(45)39-27-10-15-31-32(20-27)47-22-46-31/h5-12,15,17,20-21,25,29-30H,13-14,16,18-19,22H2,1-4H3,(H,39,45)(H2,38,40,44)/t25-,29-,30+. The van der Waals surface area contributed by atoms with Crippen molar-refractivity contribution in [3.05, 3.63) is 89.6 Å². The van der Waals surface area contributed by atoms with Crippen molar-refractivity contribution < 1.29 is 19.1 Å². The highest BCUT2D eigenvalue weighted by atomic mass is 16.7. The van der Waals surface area contributed by atoms with Crippen molar-refractivity contribution in [2.45, 2.75) is 77.3 Å². The number of piperidine rings is 1. The van der Waals surface area contributed by atoms with Crippen molar-refractivity contribution in [1.82, 2.24) is 14.7 Å². The van der Waals surface area contributed by atoms with E-state index < -0.39 is 0 Å². The number of urea groups is 2.